The van der Waals surface area contributed by atoms with E-state index >= 15 is 0 Å². The Morgan fingerprint density at radius 3 is 2.69 bits per heavy atom. The van der Waals surface area contributed by atoms with Crippen molar-refractivity contribution < 1.29 is 14.5 Å². The van der Waals surface area contributed by atoms with Crippen LogP contribution in [0.3, 0.4) is 0 Å². The van der Waals surface area contributed by atoms with Gasteiger partial charge in [-0.2, -0.15) is 5.10 Å². The molecule has 0 radical (unpaired) electrons. The Labute approximate surface area is 167 Å². The first-order valence-electron chi connectivity index (χ1n) is 8.92. The van der Waals surface area contributed by atoms with Crippen LogP contribution in [0, 0.1) is 10.1 Å². The minimum absolute atomic E-state index is 0.0593. The molecule has 150 valence electrons. The second-order valence-corrected chi connectivity index (χ2v) is 6.60. The van der Waals surface area contributed by atoms with E-state index < -0.39 is 10.8 Å². The smallest absolute Gasteiger partial charge is 0.270 e. The fourth-order valence-electron chi connectivity index (χ4n) is 2.56. The summed E-state index contributed by atoms with van der Waals surface area (Å²) in [5.41, 5.74) is 0.354. The van der Waals surface area contributed by atoms with E-state index in [2.05, 4.69) is 10.4 Å². The summed E-state index contributed by atoms with van der Waals surface area (Å²) in [5, 5.41) is 18.1. The third kappa shape index (κ3) is 5.39. The summed E-state index contributed by atoms with van der Waals surface area (Å²) in [4.78, 5) is 25.4. The summed E-state index contributed by atoms with van der Waals surface area (Å²) in [6, 6.07) is 12.8. The molecule has 3 aromatic rings. The fourth-order valence-corrected chi connectivity index (χ4v) is 2.56. The SMILES string of the molecule is CN(C)CCn1cc(NC(=O)c2cc([N+](=O)[O-])ccc2Oc2ccccc2)cn1. The molecule has 0 atom stereocenters. The summed E-state index contributed by atoms with van der Waals surface area (Å²) in [6.07, 6.45) is 3.24. The lowest BCUT2D eigenvalue weighted by Crippen LogP contribution is -2.18. The standard InChI is InChI=1S/C20H21N5O4/c1-23(2)10-11-24-14-15(13-21-24)22-20(26)18-12-16(25(27)28)8-9-19(18)29-17-6-4-3-5-7-17/h3-9,12-14H,10-11H2,1-2H3,(H,22,26). The quantitative estimate of drug-likeness (QED) is 0.463. The highest BCUT2D eigenvalue weighted by atomic mass is 16.6. The summed E-state index contributed by atoms with van der Waals surface area (Å²) >= 11 is 0. The maximum absolute atomic E-state index is 12.8. The van der Waals surface area contributed by atoms with E-state index in [1.807, 2.05) is 25.1 Å². The molecule has 1 heterocycles. The van der Waals surface area contributed by atoms with Gasteiger partial charge in [0.2, 0.25) is 0 Å². The molecule has 9 nitrogen and oxygen atoms in total. The molecule has 0 aliphatic carbocycles. The van der Waals surface area contributed by atoms with Crippen molar-refractivity contribution in [3.63, 3.8) is 0 Å². The number of non-ortho nitro benzene ring substituents is 1. The Hall–Kier alpha value is -3.72. The van der Waals surface area contributed by atoms with Gasteiger partial charge < -0.3 is 15.0 Å². The monoisotopic (exact) mass is 395 g/mol. The van der Waals surface area contributed by atoms with Gasteiger partial charge in [-0.25, -0.2) is 0 Å². The van der Waals surface area contributed by atoms with Crippen LogP contribution in [-0.4, -0.2) is 46.2 Å². The number of carbonyl (C=O) groups is 1. The zero-order valence-electron chi connectivity index (χ0n) is 16.1. The molecular formula is C20H21N5O4. The van der Waals surface area contributed by atoms with Crippen molar-refractivity contribution in [2.45, 2.75) is 6.54 Å². The number of rotatable bonds is 8. The number of ether oxygens (including phenoxy) is 1. The molecule has 9 heteroatoms. The predicted octanol–water partition coefficient (Wildman–Crippen LogP) is 3.40. The molecule has 0 fully saturated rings. The molecule has 2 aromatic carbocycles. The van der Waals surface area contributed by atoms with Crippen LogP contribution in [0.4, 0.5) is 11.4 Å². The zero-order chi connectivity index (χ0) is 20.8. The molecule has 29 heavy (non-hydrogen) atoms. The number of anilines is 1. The van der Waals surface area contributed by atoms with E-state index in [0.29, 0.717) is 18.0 Å². The number of benzene rings is 2. The second kappa shape index (κ2) is 8.98. The minimum Gasteiger partial charge on any atom is -0.457 e. The fraction of sp³-hybridized carbons (Fsp3) is 0.200. The highest BCUT2D eigenvalue weighted by molar-refractivity contribution is 6.06. The van der Waals surface area contributed by atoms with E-state index in [4.69, 9.17) is 4.74 Å². The number of nitro groups is 1. The molecule has 0 bridgehead atoms. The number of hydrogen-bond donors (Lipinski definition) is 1. The van der Waals surface area contributed by atoms with Crippen molar-refractivity contribution in [1.82, 2.24) is 14.7 Å². The van der Waals surface area contributed by atoms with E-state index in [9.17, 15) is 14.9 Å². The van der Waals surface area contributed by atoms with Crippen LogP contribution in [0.1, 0.15) is 10.4 Å². The number of hydrogen-bond acceptors (Lipinski definition) is 6. The highest BCUT2D eigenvalue weighted by Crippen LogP contribution is 2.29. The molecule has 0 aliphatic rings. The first kappa shape index (κ1) is 20.0. The first-order chi connectivity index (χ1) is 13.9. The van der Waals surface area contributed by atoms with Gasteiger partial charge >= 0.3 is 0 Å². The Morgan fingerprint density at radius 1 is 1.24 bits per heavy atom. The summed E-state index contributed by atoms with van der Waals surface area (Å²) in [6.45, 7) is 1.47. The largest absolute Gasteiger partial charge is 0.457 e. The number of nitrogens with one attached hydrogen (secondary N) is 1. The maximum atomic E-state index is 12.8. The predicted molar refractivity (Wildman–Crippen MR) is 108 cm³/mol. The van der Waals surface area contributed by atoms with Crippen molar-refractivity contribution in [1.29, 1.82) is 0 Å². The average molecular weight is 395 g/mol. The number of aromatic nitrogens is 2. The maximum Gasteiger partial charge on any atom is 0.270 e. The molecule has 1 aromatic heterocycles. The van der Waals surface area contributed by atoms with Gasteiger partial charge in [-0.3, -0.25) is 19.6 Å². The number of likely N-dealkylation sites (N-methyl/N-ethyl adjacent to an activating group) is 1. The summed E-state index contributed by atoms with van der Waals surface area (Å²) in [7, 11) is 3.92. The van der Waals surface area contributed by atoms with Gasteiger partial charge in [0.15, 0.2) is 0 Å². The Kier molecular flexibility index (Phi) is 6.20. The van der Waals surface area contributed by atoms with Gasteiger partial charge in [0, 0.05) is 24.9 Å². The molecule has 3 rings (SSSR count). The van der Waals surface area contributed by atoms with Gasteiger partial charge in [-0.05, 0) is 32.3 Å². The third-order valence-electron chi connectivity index (χ3n) is 4.06. The topological polar surface area (TPSA) is 103 Å². The Morgan fingerprint density at radius 2 is 2.00 bits per heavy atom. The molecule has 0 aliphatic heterocycles. The lowest BCUT2D eigenvalue weighted by atomic mass is 10.1. The summed E-state index contributed by atoms with van der Waals surface area (Å²) in [5.74, 6) is 0.220. The van der Waals surface area contributed by atoms with E-state index in [0.717, 1.165) is 6.54 Å². The zero-order valence-corrected chi connectivity index (χ0v) is 16.1. The summed E-state index contributed by atoms with van der Waals surface area (Å²) < 4.78 is 7.48. The van der Waals surface area contributed by atoms with E-state index in [1.54, 1.807) is 35.1 Å². The lowest BCUT2D eigenvalue weighted by molar-refractivity contribution is -0.384. The van der Waals surface area contributed by atoms with Crippen LogP contribution < -0.4 is 10.1 Å². The van der Waals surface area contributed by atoms with Crippen LogP contribution in [0.2, 0.25) is 0 Å². The molecule has 1 amide bonds. The Balaban J connectivity index is 1.82. The van der Waals surface area contributed by atoms with Crippen molar-refractivity contribution in [3.8, 4) is 11.5 Å². The second-order valence-electron chi connectivity index (χ2n) is 6.60. The first-order valence-corrected chi connectivity index (χ1v) is 8.92. The molecule has 0 saturated carbocycles. The van der Waals surface area contributed by atoms with Gasteiger partial charge in [0.1, 0.15) is 11.5 Å². The lowest BCUT2D eigenvalue weighted by Gasteiger charge is -2.11. The van der Waals surface area contributed by atoms with Crippen LogP contribution in [0.5, 0.6) is 11.5 Å². The van der Waals surface area contributed by atoms with Gasteiger partial charge in [0.25, 0.3) is 11.6 Å². The minimum atomic E-state index is -0.553. The number of nitro benzene ring substituents is 1. The van der Waals surface area contributed by atoms with Crippen LogP contribution >= 0.6 is 0 Å². The van der Waals surface area contributed by atoms with Crippen molar-refractivity contribution in [2.75, 3.05) is 26.0 Å². The van der Waals surface area contributed by atoms with Crippen LogP contribution in [0.15, 0.2) is 60.9 Å². The van der Waals surface area contributed by atoms with Gasteiger partial charge in [-0.15, -0.1) is 0 Å². The molecule has 0 unspecified atom stereocenters. The normalized spacial score (nSPS) is 10.7. The molecule has 1 N–H and O–H groups in total. The third-order valence-corrected chi connectivity index (χ3v) is 4.06. The van der Waals surface area contributed by atoms with Gasteiger partial charge in [-0.1, -0.05) is 18.2 Å². The van der Waals surface area contributed by atoms with Crippen LogP contribution in [0.25, 0.3) is 0 Å². The highest BCUT2D eigenvalue weighted by Gasteiger charge is 2.19. The van der Waals surface area contributed by atoms with Crippen LogP contribution in [-0.2, 0) is 6.54 Å². The molecular weight excluding hydrogens is 374 g/mol. The number of para-hydroxylation sites is 1. The van der Waals surface area contributed by atoms with E-state index in [-0.39, 0.29) is 17.0 Å². The Bertz CT molecular complexity index is 1000. The molecule has 0 saturated heterocycles. The van der Waals surface area contributed by atoms with Crippen molar-refractivity contribution >= 4 is 17.3 Å². The van der Waals surface area contributed by atoms with Crippen molar-refractivity contribution in [2.24, 2.45) is 0 Å². The van der Waals surface area contributed by atoms with Crippen molar-refractivity contribution in [3.05, 3.63) is 76.6 Å². The number of nitrogens with zero attached hydrogens (tertiary/aromatic N) is 4. The number of amides is 1. The average Bonchev–Trinajstić information content (AvgIpc) is 3.14. The molecule has 0 spiro atoms. The van der Waals surface area contributed by atoms with Gasteiger partial charge in [0.05, 0.1) is 28.9 Å². The van der Waals surface area contributed by atoms with E-state index in [1.165, 1.54) is 24.4 Å². The number of carbonyl (C=O) groups excluding carboxylic acids is 1.